The third-order valence-corrected chi connectivity index (χ3v) is 6.05. The summed E-state index contributed by atoms with van der Waals surface area (Å²) in [6, 6.07) is 15.6. The first-order valence-corrected chi connectivity index (χ1v) is 10.9. The molecule has 0 aliphatic carbocycles. The van der Waals surface area contributed by atoms with Gasteiger partial charge in [0, 0.05) is 24.2 Å². The van der Waals surface area contributed by atoms with E-state index in [0.29, 0.717) is 34.2 Å². The lowest BCUT2D eigenvalue weighted by Crippen LogP contribution is -2.18. The molecule has 1 aliphatic heterocycles. The summed E-state index contributed by atoms with van der Waals surface area (Å²) >= 11 is 0. The van der Waals surface area contributed by atoms with Gasteiger partial charge in [0.05, 0.1) is 19.2 Å². The largest absolute Gasteiger partial charge is 0.507 e. The van der Waals surface area contributed by atoms with Gasteiger partial charge in [-0.05, 0) is 53.4 Å². The van der Waals surface area contributed by atoms with Crippen molar-refractivity contribution >= 4 is 16.8 Å². The minimum absolute atomic E-state index is 0.0351. The van der Waals surface area contributed by atoms with Crippen molar-refractivity contribution in [2.75, 3.05) is 14.2 Å². The molecule has 0 atom stereocenters. The Morgan fingerprint density at radius 3 is 2.47 bits per heavy atom. The van der Waals surface area contributed by atoms with Gasteiger partial charge in [0.2, 0.25) is 0 Å². The highest BCUT2D eigenvalue weighted by Crippen LogP contribution is 2.44. The molecule has 0 fully saturated rings. The van der Waals surface area contributed by atoms with Crippen molar-refractivity contribution in [3.63, 3.8) is 0 Å². The number of benzene rings is 3. The lowest BCUT2D eigenvalue weighted by Gasteiger charge is -2.15. The van der Waals surface area contributed by atoms with Gasteiger partial charge in [-0.2, -0.15) is 0 Å². The van der Waals surface area contributed by atoms with Gasteiger partial charge in [0.25, 0.3) is 5.91 Å². The van der Waals surface area contributed by atoms with Crippen LogP contribution in [0.1, 0.15) is 32.6 Å². The van der Waals surface area contributed by atoms with Gasteiger partial charge in [-0.15, -0.1) is 0 Å². The molecule has 0 radical (unpaired) electrons. The third kappa shape index (κ3) is 3.90. The number of rotatable bonds is 6. The van der Waals surface area contributed by atoms with Crippen LogP contribution in [0.5, 0.6) is 17.2 Å². The molecule has 0 spiro atoms. The fourth-order valence-electron chi connectivity index (χ4n) is 4.24. The van der Waals surface area contributed by atoms with Crippen LogP contribution in [0.2, 0.25) is 0 Å². The number of phenolic OH excluding ortho intramolecular Hbond substituents is 1. The number of fused-ring (bicyclic) bond motifs is 2. The molecule has 7 heteroatoms. The molecule has 1 amide bonds. The molecule has 1 aromatic heterocycles. The van der Waals surface area contributed by atoms with E-state index in [-0.39, 0.29) is 30.6 Å². The lowest BCUT2D eigenvalue weighted by atomic mass is 9.99. The topological polar surface area (TPSA) is 71.9 Å². The molecule has 0 bridgehead atoms. The van der Waals surface area contributed by atoms with E-state index >= 15 is 0 Å². The Hall–Kier alpha value is -4.13. The fourth-order valence-corrected chi connectivity index (χ4v) is 4.24. The second-order valence-electron chi connectivity index (χ2n) is 8.37. The number of pyridine rings is 1. The Balaban J connectivity index is 1.55. The molecule has 1 N–H and O–H groups in total. The van der Waals surface area contributed by atoms with Crippen LogP contribution >= 0.6 is 0 Å². The van der Waals surface area contributed by atoms with Crippen molar-refractivity contribution in [3.05, 3.63) is 94.4 Å². The summed E-state index contributed by atoms with van der Waals surface area (Å²) in [6.45, 7) is 0.517. The number of ether oxygens (including phenoxy) is 2. The van der Waals surface area contributed by atoms with E-state index < -0.39 is 0 Å². The Kier molecular flexibility index (Phi) is 5.53. The van der Waals surface area contributed by atoms with Crippen LogP contribution in [0.15, 0.2) is 60.8 Å². The third-order valence-electron chi connectivity index (χ3n) is 6.05. The number of hydrogen-bond acceptors (Lipinski definition) is 5. The zero-order valence-corrected chi connectivity index (χ0v) is 18.8. The smallest absolute Gasteiger partial charge is 0.258 e. The predicted molar refractivity (Wildman–Crippen MR) is 126 cm³/mol. The number of phenols is 1. The number of amides is 1. The Labute approximate surface area is 196 Å². The van der Waals surface area contributed by atoms with Gasteiger partial charge in [0.1, 0.15) is 29.4 Å². The number of halogens is 1. The van der Waals surface area contributed by atoms with Crippen molar-refractivity contribution in [1.29, 1.82) is 0 Å². The summed E-state index contributed by atoms with van der Waals surface area (Å²) in [5.74, 6) is 0.635. The SMILES string of the molecule is COc1ccc(COc2c3c(c(O)c4cc(Cc5ccc(F)cc5)cnc24)CN(C)C3=O)cc1. The van der Waals surface area contributed by atoms with Gasteiger partial charge >= 0.3 is 0 Å². The van der Waals surface area contributed by atoms with Crippen molar-refractivity contribution in [1.82, 2.24) is 9.88 Å². The first-order chi connectivity index (χ1) is 16.4. The predicted octanol–water partition coefficient (Wildman–Crippen LogP) is 4.84. The van der Waals surface area contributed by atoms with E-state index in [0.717, 1.165) is 22.4 Å². The first kappa shape index (κ1) is 21.7. The maximum Gasteiger partial charge on any atom is 0.258 e. The minimum atomic E-state index is -0.291. The average Bonchev–Trinajstić information content (AvgIpc) is 3.15. The van der Waals surface area contributed by atoms with Crippen molar-refractivity contribution in [3.8, 4) is 17.2 Å². The quantitative estimate of drug-likeness (QED) is 0.448. The van der Waals surface area contributed by atoms with Crippen molar-refractivity contribution < 1.29 is 23.8 Å². The number of methoxy groups -OCH3 is 1. The Morgan fingerprint density at radius 2 is 1.76 bits per heavy atom. The fraction of sp³-hybridized carbons (Fsp3) is 0.185. The summed E-state index contributed by atoms with van der Waals surface area (Å²) < 4.78 is 24.6. The standard InChI is InChI=1S/C27H23FN2O4/c1-30-14-22-23(27(30)32)26(34-15-17-5-9-20(33-2)10-6-17)24-21(25(22)31)12-18(13-29-24)11-16-3-7-19(28)8-4-16/h3-10,12-13,31H,11,14-15H2,1-2H3. The van der Waals surface area contributed by atoms with Crippen LogP contribution < -0.4 is 9.47 Å². The molecule has 5 rings (SSSR count). The van der Waals surface area contributed by atoms with Gasteiger partial charge in [-0.3, -0.25) is 9.78 Å². The Morgan fingerprint density at radius 1 is 1.06 bits per heavy atom. The molecule has 34 heavy (non-hydrogen) atoms. The van der Waals surface area contributed by atoms with Gasteiger partial charge < -0.3 is 19.5 Å². The summed E-state index contributed by atoms with van der Waals surface area (Å²) in [5.41, 5.74) is 3.99. The molecule has 172 valence electrons. The van der Waals surface area contributed by atoms with E-state index in [1.165, 1.54) is 12.1 Å². The minimum Gasteiger partial charge on any atom is -0.507 e. The monoisotopic (exact) mass is 458 g/mol. The number of nitrogens with zero attached hydrogens (tertiary/aromatic N) is 2. The summed E-state index contributed by atoms with van der Waals surface area (Å²) in [5, 5.41) is 11.6. The van der Waals surface area contributed by atoms with E-state index in [1.807, 2.05) is 30.3 Å². The lowest BCUT2D eigenvalue weighted by molar-refractivity contribution is 0.0813. The average molecular weight is 458 g/mol. The normalized spacial score (nSPS) is 12.8. The first-order valence-electron chi connectivity index (χ1n) is 10.9. The maximum atomic E-state index is 13.3. The number of hydrogen-bond donors (Lipinski definition) is 1. The molecule has 2 heterocycles. The molecule has 1 aliphatic rings. The molecular weight excluding hydrogens is 435 g/mol. The molecular formula is C27H23FN2O4. The van der Waals surface area contributed by atoms with Gasteiger partial charge in [0.15, 0.2) is 5.75 Å². The molecule has 6 nitrogen and oxygen atoms in total. The zero-order valence-electron chi connectivity index (χ0n) is 18.8. The van der Waals surface area contributed by atoms with E-state index in [1.54, 1.807) is 37.4 Å². The van der Waals surface area contributed by atoms with Crippen LogP contribution in [0.3, 0.4) is 0 Å². The second-order valence-corrected chi connectivity index (χ2v) is 8.37. The van der Waals surface area contributed by atoms with Crippen LogP contribution in [0.25, 0.3) is 10.9 Å². The van der Waals surface area contributed by atoms with Gasteiger partial charge in [-0.25, -0.2) is 4.39 Å². The highest BCUT2D eigenvalue weighted by atomic mass is 19.1. The van der Waals surface area contributed by atoms with Crippen molar-refractivity contribution in [2.45, 2.75) is 19.6 Å². The van der Waals surface area contributed by atoms with E-state index in [4.69, 9.17) is 9.47 Å². The number of aromatic nitrogens is 1. The summed E-state index contributed by atoms with van der Waals surface area (Å²) in [4.78, 5) is 19.0. The number of aromatic hydroxyl groups is 1. The number of carbonyl (C=O) groups is 1. The molecule has 3 aromatic carbocycles. The van der Waals surface area contributed by atoms with Crippen molar-refractivity contribution in [2.24, 2.45) is 0 Å². The molecule has 0 saturated heterocycles. The van der Waals surface area contributed by atoms with Gasteiger partial charge in [-0.1, -0.05) is 24.3 Å². The zero-order chi connectivity index (χ0) is 23.8. The van der Waals surface area contributed by atoms with Crippen LogP contribution in [0.4, 0.5) is 4.39 Å². The highest BCUT2D eigenvalue weighted by Gasteiger charge is 2.34. The second kappa shape index (κ2) is 8.67. The summed E-state index contributed by atoms with van der Waals surface area (Å²) in [7, 11) is 3.29. The van der Waals surface area contributed by atoms with E-state index in [9.17, 15) is 14.3 Å². The molecule has 4 aromatic rings. The summed E-state index contributed by atoms with van der Waals surface area (Å²) in [6.07, 6.45) is 2.22. The Bertz CT molecular complexity index is 1390. The highest BCUT2D eigenvalue weighted by molar-refractivity contribution is 6.08. The molecule has 0 saturated carbocycles. The molecule has 0 unspecified atom stereocenters. The van der Waals surface area contributed by atoms with Crippen LogP contribution in [-0.2, 0) is 19.6 Å². The number of carbonyl (C=O) groups excluding carboxylic acids is 1. The van der Waals surface area contributed by atoms with E-state index in [2.05, 4.69) is 4.98 Å². The van der Waals surface area contributed by atoms with Crippen LogP contribution in [0, 0.1) is 5.82 Å². The van der Waals surface area contributed by atoms with Crippen LogP contribution in [-0.4, -0.2) is 35.1 Å². The maximum absolute atomic E-state index is 13.3.